The highest BCUT2D eigenvalue weighted by molar-refractivity contribution is 5.94. The molecule has 2 saturated carbocycles. The van der Waals surface area contributed by atoms with E-state index in [1.54, 1.807) is 0 Å². The first kappa shape index (κ1) is 13.9. The van der Waals surface area contributed by atoms with Gasteiger partial charge >= 0.3 is 6.03 Å². The Balaban J connectivity index is 1.47. The van der Waals surface area contributed by atoms with Crippen LogP contribution in [0.25, 0.3) is 0 Å². The fraction of sp³-hybridized carbons (Fsp3) is 0.867. The van der Waals surface area contributed by atoms with Gasteiger partial charge in [0.2, 0.25) is 0 Å². The summed E-state index contributed by atoms with van der Waals surface area (Å²) in [5, 5.41) is 5.28. The number of fused-ring (bicyclic) bond motifs is 1. The number of nitrogens with one attached hydrogen (secondary N) is 3. The van der Waals surface area contributed by atoms with Gasteiger partial charge in [0.05, 0.1) is 12.6 Å². The second kappa shape index (κ2) is 6.12. The van der Waals surface area contributed by atoms with Crippen molar-refractivity contribution in [1.82, 2.24) is 10.6 Å². The average Bonchev–Trinajstić information content (AvgIpc) is 3.22. The molecule has 0 aromatic heterocycles. The van der Waals surface area contributed by atoms with Crippen LogP contribution in [0.5, 0.6) is 0 Å². The fourth-order valence-electron chi connectivity index (χ4n) is 3.91. The van der Waals surface area contributed by atoms with Crippen LogP contribution in [-0.2, 0) is 4.79 Å². The number of hydrogen-bond donors (Lipinski definition) is 3. The number of rotatable bonds is 3. The molecule has 3 amide bonds. The molecule has 0 spiro atoms. The standard InChI is InChI=1S/C15H25N3O2/c19-14(17-15(20)16-12-7-8-12)10-18-9-3-5-11-4-1-2-6-13(11)18/h11-13H,1-10H2,(H2,16,17,19,20)/p+1/t11-,13-/m0/s1. The number of carbonyl (C=O) groups is 2. The summed E-state index contributed by atoms with van der Waals surface area (Å²) in [5.41, 5.74) is 0. The summed E-state index contributed by atoms with van der Waals surface area (Å²) in [6, 6.07) is 0.636. The van der Waals surface area contributed by atoms with Crippen molar-refractivity contribution in [2.75, 3.05) is 13.1 Å². The molecular weight excluding hydrogens is 254 g/mol. The van der Waals surface area contributed by atoms with E-state index in [-0.39, 0.29) is 11.9 Å². The monoisotopic (exact) mass is 280 g/mol. The predicted molar refractivity (Wildman–Crippen MR) is 75.4 cm³/mol. The van der Waals surface area contributed by atoms with Gasteiger partial charge in [-0.25, -0.2) is 4.79 Å². The number of imide groups is 1. The highest BCUT2D eigenvalue weighted by atomic mass is 16.2. The van der Waals surface area contributed by atoms with Crippen LogP contribution in [0.1, 0.15) is 51.4 Å². The molecule has 20 heavy (non-hydrogen) atoms. The third-order valence-corrected chi connectivity index (χ3v) is 5.06. The van der Waals surface area contributed by atoms with Crippen LogP contribution in [-0.4, -0.2) is 37.1 Å². The van der Waals surface area contributed by atoms with Crippen LogP contribution in [0, 0.1) is 5.92 Å². The maximum atomic E-state index is 12.0. The van der Waals surface area contributed by atoms with Gasteiger partial charge in [-0.15, -0.1) is 0 Å². The predicted octanol–water partition coefficient (Wildman–Crippen LogP) is 0.212. The third-order valence-electron chi connectivity index (χ3n) is 5.06. The lowest BCUT2D eigenvalue weighted by molar-refractivity contribution is -0.928. The van der Waals surface area contributed by atoms with E-state index >= 15 is 0 Å². The van der Waals surface area contributed by atoms with Crippen LogP contribution >= 0.6 is 0 Å². The molecular formula is C15H26N3O2+. The normalized spacial score (nSPS) is 33.1. The minimum atomic E-state index is -0.311. The van der Waals surface area contributed by atoms with Gasteiger partial charge in [-0.3, -0.25) is 10.1 Å². The van der Waals surface area contributed by atoms with Gasteiger partial charge in [-0.05, 0) is 44.9 Å². The molecule has 5 heteroatoms. The van der Waals surface area contributed by atoms with E-state index < -0.39 is 0 Å². The molecule has 112 valence electrons. The summed E-state index contributed by atoms with van der Waals surface area (Å²) in [5.74, 6) is 0.685. The molecule has 2 aliphatic carbocycles. The van der Waals surface area contributed by atoms with Crippen molar-refractivity contribution in [2.24, 2.45) is 5.92 Å². The molecule has 3 rings (SSSR count). The van der Waals surface area contributed by atoms with Gasteiger partial charge in [-0.1, -0.05) is 6.42 Å². The third kappa shape index (κ3) is 3.51. The lowest BCUT2D eigenvalue weighted by Gasteiger charge is -2.40. The van der Waals surface area contributed by atoms with Crippen LogP contribution in [0.2, 0.25) is 0 Å². The second-order valence-electron chi connectivity index (χ2n) is 6.67. The summed E-state index contributed by atoms with van der Waals surface area (Å²) in [4.78, 5) is 25.0. The lowest BCUT2D eigenvalue weighted by atomic mass is 9.78. The highest BCUT2D eigenvalue weighted by Gasteiger charge is 2.37. The molecule has 1 unspecified atom stereocenters. The van der Waals surface area contributed by atoms with E-state index in [0.29, 0.717) is 18.6 Å². The first-order valence-electron chi connectivity index (χ1n) is 8.17. The Morgan fingerprint density at radius 2 is 1.75 bits per heavy atom. The molecule has 1 saturated heterocycles. The van der Waals surface area contributed by atoms with Gasteiger partial charge in [0.25, 0.3) is 5.91 Å². The number of amides is 3. The number of likely N-dealkylation sites (tertiary alicyclic amines) is 1. The second-order valence-corrected chi connectivity index (χ2v) is 6.67. The van der Waals surface area contributed by atoms with Crippen LogP contribution in [0.3, 0.4) is 0 Å². The van der Waals surface area contributed by atoms with E-state index in [1.807, 2.05) is 0 Å². The Morgan fingerprint density at radius 3 is 2.55 bits per heavy atom. The summed E-state index contributed by atoms with van der Waals surface area (Å²) in [6.45, 7) is 1.54. The number of quaternary nitrogens is 1. The van der Waals surface area contributed by atoms with Crippen LogP contribution in [0.4, 0.5) is 4.79 Å². The zero-order chi connectivity index (χ0) is 13.9. The largest absolute Gasteiger partial charge is 0.335 e. The minimum Gasteiger partial charge on any atom is -0.335 e. The van der Waals surface area contributed by atoms with Crippen LogP contribution in [0.15, 0.2) is 0 Å². The number of piperidine rings is 1. The van der Waals surface area contributed by atoms with Crippen molar-refractivity contribution in [2.45, 2.75) is 63.5 Å². The quantitative estimate of drug-likeness (QED) is 0.692. The van der Waals surface area contributed by atoms with Gasteiger partial charge in [0, 0.05) is 12.0 Å². The smallest absolute Gasteiger partial charge is 0.321 e. The molecule has 0 radical (unpaired) electrons. The van der Waals surface area contributed by atoms with Crippen LogP contribution < -0.4 is 15.5 Å². The van der Waals surface area contributed by atoms with E-state index in [1.165, 1.54) is 43.4 Å². The van der Waals surface area contributed by atoms with Gasteiger partial charge < -0.3 is 10.2 Å². The maximum Gasteiger partial charge on any atom is 0.321 e. The van der Waals surface area contributed by atoms with Gasteiger partial charge in [0.1, 0.15) is 0 Å². The first-order valence-corrected chi connectivity index (χ1v) is 8.17. The molecule has 3 aliphatic rings. The summed E-state index contributed by atoms with van der Waals surface area (Å²) in [7, 11) is 0. The van der Waals surface area contributed by atoms with Crippen molar-refractivity contribution >= 4 is 11.9 Å². The molecule has 0 aromatic carbocycles. The van der Waals surface area contributed by atoms with Crippen molar-refractivity contribution < 1.29 is 14.5 Å². The molecule has 0 bridgehead atoms. The van der Waals surface area contributed by atoms with Gasteiger partial charge in [-0.2, -0.15) is 0 Å². The molecule has 3 N–H and O–H groups in total. The van der Waals surface area contributed by atoms with E-state index in [4.69, 9.17) is 0 Å². The minimum absolute atomic E-state index is 0.121. The van der Waals surface area contributed by atoms with E-state index in [0.717, 1.165) is 25.3 Å². The van der Waals surface area contributed by atoms with Crippen molar-refractivity contribution in [3.05, 3.63) is 0 Å². The van der Waals surface area contributed by atoms with Crippen molar-refractivity contribution in [3.8, 4) is 0 Å². The topological polar surface area (TPSA) is 62.6 Å². The van der Waals surface area contributed by atoms with Crippen molar-refractivity contribution in [1.29, 1.82) is 0 Å². The van der Waals surface area contributed by atoms with E-state index in [9.17, 15) is 9.59 Å². The molecule has 3 atom stereocenters. The number of carbonyl (C=O) groups excluding carboxylic acids is 2. The Labute approximate surface area is 120 Å². The van der Waals surface area contributed by atoms with Gasteiger partial charge in [0.15, 0.2) is 6.54 Å². The molecule has 0 aromatic rings. The Bertz CT molecular complexity index is 379. The Kier molecular flexibility index (Phi) is 4.24. The molecule has 3 fully saturated rings. The first-order chi connectivity index (χ1) is 9.72. The number of urea groups is 1. The zero-order valence-corrected chi connectivity index (χ0v) is 12.1. The Morgan fingerprint density at radius 1 is 1.00 bits per heavy atom. The zero-order valence-electron chi connectivity index (χ0n) is 12.1. The summed E-state index contributed by atoms with van der Waals surface area (Å²) in [6.07, 6.45) is 9.87. The molecule has 1 heterocycles. The molecule has 5 nitrogen and oxygen atoms in total. The van der Waals surface area contributed by atoms with Crippen molar-refractivity contribution in [3.63, 3.8) is 0 Å². The SMILES string of the molecule is O=C(C[NH+]1CCC[C@@H]2CCCC[C@@H]21)NC(=O)NC1CC1. The summed E-state index contributed by atoms with van der Waals surface area (Å²) < 4.78 is 0. The molecule has 1 aliphatic heterocycles. The average molecular weight is 280 g/mol. The highest BCUT2D eigenvalue weighted by Crippen LogP contribution is 2.28. The fourth-order valence-corrected chi connectivity index (χ4v) is 3.91. The lowest BCUT2D eigenvalue weighted by Crippen LogP contribution is -3.18. The Hall–Kier alpha value is -1.10. The van der Waals surface area contributed by atoms with E-state index in [2.05, 4.69) is 10.6 Å². The maximum absolute atomic E-state index is 12.0. The summed E-state index contributed by atoms with van der Waals surface area (Å²) >= 11 is 0. The number of hydrogen-bond acceptors (Lipinski definition) is 2.